The van der Waals surface area contributed by atoms with E-state index in [4.69, 9.17) is 0 Å². The molecule has 1 saturated heterocycles. The zero-order valence-electron chi connectivity index (χ0n) is 15.9. The van der Waals surface area contributed by atoms with Crippen LogP contribution in [-0.4, -0.2) is 33.7 Å². The van der Waals surface area contributed by atoms with Crippen molar-refractivity contribution in [2.75, 3.05) is 18.0 Å². The molecule has 144 valence electrons. The number of anilines is 1. The van der Waals surface area contributed by atoms with Crippen molar-refractivity contribution in [3.05, 3.63) is 51.8 Å². The Hall–Kier alpha value is -2.90. The average molecular weight is 371 g/mol. The number of nitrogens with one attached hydrogen (secondary N) is 1. The number of aryl methyl sites for hydroxylation is 1. The summed E-state index contributed by atoms with van der Waals surface area (Å²) in [5, 5.41) is 18.5. The molecule has 2 aromatic rings. The van der Waals surface area contributed by atoms with Crippen LogP contribution in [0.3, 0.4) is 0 Å². The molecule has 0 bridgehead atoms. The van der Waals surface area contributed by atoms with Crippen LogP contribution in [0.4, 0.5) is 11.4 Å². The second-order valence-corrected chi connectivity index (χ2v) is 7.05. The maximum absolute atomic E-state index is 12.7. The second-order valence-electron chi connectivity index (χ2n) is 7.05. The largest absolute Gasteiger partial charge is 0.366 e. The van der Waals surface area contributed by atoms with Crippen LogP contribution in [0.2, 0.25) is 0 Å². The third-order valence-corrected chi connectivity index (χ3v) is 5.38. The van der Waals surface area contributed by atoms with Crippen LogP contribution < -0.4 is 10.2 Å². The molecule has 3 rings (SSSR count). The Kier molecular flexibility index (Phi) is 5.43. The van der Waals surface area contributed by atoms with E-state index in [0.717, 1.165) is 11.3 Å². The van der Waals surface area contributed by atoms with Crippen LogP contribution in [0, 0.1) is 23.0 Å². The normalized spacial score (nSPS) is 16.2. The van der Waals surface area contributed by atoms with Gasteiger partial charge in [-0.15, -0.1) is 0 Å². The van der Waals surface area contributed by atoms with Crippen LogP contribution in [-0.2, 0) is 11.8 Å². The minimum atomic E-state index is -0.355. The number of rotatable bonds is 5. The molecule has 0 saturated carbocycles. The van der Waals surface area contributed by atoms with E-state index in [1.165, 1.54) is 6.07 Å². The SMILES string of the molecule is Cc1c([C@@H](C)NC(=O)C2CCN(c3ccccc3[N+](=O)[O-])CC2)cnn1C. The van der Waals surface area contributed by atoms with Crippen LogP contribution >= 0.6 is 0 Å². The van der Waals surface area contributed by atoms with Crippen molar-refractivity contribution in [2.24, 2.45) is 13.0 Å². The minimum absolute atomic E-state index is 0.0352. The lowest BCUT2D eigenvalue weighted by atomic mass is 9.94. The van der Waals surface area contributed by atoms with Crippen LogP contribution in [0.25, 0.3) is 0 Å². The molecule has 1 atom stereocenters. The highest BCUT2D eigenvalue weighted by atomic mass is 16.6. The highest BCUT2D eigenvalue weighted by Crippen LogP contribution is 2.31. The van der Waals surface area contributed by atoms with Crippen molar-refractivity contribution in [2.45, 2.75) is 32.7 Å². The molecular weight excluding hydrogens is 346 g/mol. The zero-order valence-corrected chi connectivity index (χ0v) is 15.9. The molecule has 1 aromatic carbocycles. The highest BCUT2D eigenvalue weighted by molar-refractivity contribution is 5.79. The lowest BCUT2D eigenvalue weighted by Gasteiger charge is -2.33. The van der Waals surface area contributed by atoms with Gasteiger partial charge in [0.2, 0.25) is 5.91 Å². The van der Waals surface area contributed by atoms with Crippen molar-refractivity contribution < 1.29 is 9.72 Å². The monoisotopic (exact) mass is 371 g/mol. The van der Waals surface area contributed by atoms with Gasteiger partial charge in [-0.2, -0.15) is 5.10 Å². The summed E-state index contributed by atoms with van der Waals surface area (Å²) in [7, 11) is 1.88. The molecule has 8 heteroatoms. The summed E-state index contributed by atoms with van der Waals surface area (Å²) in [4.78, 5) is 25.5. The summed E-state index contributed by atoms with van der Waals surface area (Å²) < 4.78 is 1.79. The third-order valence-electron chi connectivity index (χ3n) is 5.38. The van der Waals surface area contributed by atoms with Crippen molar-refractivity contribution in [1.29, 1.82) is 0 Å². The van der Waals surface area contributed by atoms with Gasteiger partial charge in [0.15, 0.2) is 0 Å². The molecule has 0 aliphatic carbocycles. The van der Waals surface area contributed by atoms with Crippen molar-refractivity contribution >= 4 is 17.3 Å². The van der Waals surface area contributed by atoms with Gasteiger partial charge in [-0.25, -0.2) is 0 Å². The van der Waals surface area contributed by atoms with Gasteiger partial charge in [0.25, 0.3) is 5.69 Å². The maximum Gasteiger partial charge on any atom is 0.292 e. The predicted molar refractivity (Wildman–Crippen MR) is 103 cm³/mol. The minimum Gasteiger partial charge on any atom is -0.366 e. The fourth-order valence-electron chi connectivity index (χ4n) is 3.62. The molecule has 27 heavy (non-hydrogen) atoms. The number of piperidine rings is 1. The fraction of sp³-hybridized carbons (Fsp3) is 0.474. The van der Waals surface area contributed by atoms with Crippen molar-refractivity contribution in [3.8, 4) is 0 Å². The summed E-state index contributed by atoms with van der Waals surface area (Å²) in [6, 6.07) is 6.67. The predicted octanol–water partition coefficient (Wildman–Crippen LogP) is 2.73. The zero-order chi connectivity index (χ0) is 19.6. The number of hydrogen-bond acceptors (Lipinski definition) is 5. The first kappa shape index (κ1) is 18.9. The van der Waals surface area contributed by atoms with Gasteiger partial charge in [0, 0.05) is 43.4 Å². The summed E-state index contributed by atoms with van der Waals surface area (Å²) in [5.41, 5.74) is 2.79. The topological polar surface area (TPSA) is 93.3 Å². The van der Waals surface area contributed by atoms with Gasteiger partial charge >= 0.3 is 0 Å². The van der Waals surface area contributed by atoms with Gasteiger partial charge in [0.1, 0.15) is 5.69 Å². The van der Waals surface area contributed by atoms with Crippen LogP contribution in [0.15, 0.2) is 30.5 Å². The molecule has 8 nitrogen and oxygen atoms in total. The molecule has 1 aliphatic rings. The number of hydrogen-bond donors (Lipinski definition) is 1. The molecule has 2 heterocycles. The van der Waals surface area contributed by atoms with Crippen molar-refractivity contribution in [3.63, 3.8) is 0 Å². The van der Waals surface area contributed by atoms with E-state index < -0.39 is 0 Å². The molecule has 1 amide bonds. The van der Waals surface area contributed by atoms with Gasteiger partial charge in [-0.3, -0.25) is 19.6 Å². The first-order valence-electron chi connectivity index (χ1n) is 9.15. The highest BCUT2D eigenvalue weighted by Gasteiger charge is 2.29. The molecular formula is C19H25N5O3. The number of nitro benzene ring substituents is 1. The maximum atomic E-state index is 12.7. The molecule has 0 radical (unpaired) electrons. The number of carbonyl (C=O) groups is 1. The van der Waals surface area contributed by atoms with E-state index >= 15 is 0 Å². The number of aromatic nitrogens is 2. The summed E-state index contributed by atoms with van der Waals surface area (Å²) in [5.74, 6) is -0.0450. The van der Waals surface area contributed by atoms with E-state index in [0.29, 0.717) is 31.6 Å². The first-order chi connectivity index (χ1) is 12.9. The lowest BCUT2D eigenvalue weighted by molar-refractivity contribution is -0.384. The van der Waals surface area contributed by atoms with Gasteiger partial charge in [-0.05, 0) is 32.8 Å². The quantitative estimate of drug-likeness (QED) is 0.644. The molecule has 0 spiro atoms. The number of benzene rings is 1. The average Bonchev–Trinajstić information content (AvgIpc) is 3.00. The van der Waals surface area contributed by atoms with E-state index in [-0.39, 0.29) is 28.5 Å². The van der Waals surface area contributed by atoms with Gasteiger partial charge < -0.3 is 10.2 Å². The number of carbonyl (C=O) groups excluding carboxylic acids is 1. The Morgan fingerprint density at radius 2 is 2.00 bits per heavy atom. The number of para-hydroxylation sites is 2. The molecule has 1 N–H and O–H groups in total. The molecule has 1 fully saturated rings. The Morgan fingerprint density at radius 3 is 2.59 bits per heavy atom. The Morgan fingerprint density at radius 1 is 1.33 bits per heavy atom. The first-order valence-corrected chi connectivity index (χ1v) is 9.15. The van der Waals surface area contributed by atoms with E-state index in [1.54, 1.807) is 29.1 Å². The van der Waals surface area contributed by atoms with Gasteiger partial charge in [-0.1, -0.05) is 12.1 Å². The molecule has 0 unspecified atom stereocenters. The smallest absolute Gasteiger partial charge is 0.292 e. The molecule has 1 aliphatic heterocycles. The molecule has 1 aromatic heterocycles. The van der Waals surface area contributed by atoms with E-state index in [1.807, 2.05) is 25.8 Å². The Balaban J connectivity index is 1.60. The van der Waals surface area contributed by atoms with E-state index in [9.17, 15) is 14.9 Å². The number of nitro groups is 1. The summed E-state index contributed by atoms with van der Waals surface area (Å²) in [6.45, 7) is 5.20. The standard InChI is InChI=1S/C19H25N5O3/c1-13(16-12-20-22(3)14(16)2)21-19(25)15-8-10-23(11-9-15)17-6-4-5-7-18(17)24(26)27/h4-7,12-13,15H,8-11H2,1-3H3,(H,21,25)/t13-/m1/s1. The number of amides is 1. The third kappa shape index (κ3) is 3.94. The van der Waals surface area contributed by atoms with Crippen LogP contribution in [0.5, 0.6) is 0 Å². The van der Waals surface area contributed by atoms with E-state index in [2.05, 4.69) is 10.4 Å². The number of nitrogens with zero attached hydrogens (tertiary/aromatic N) is 4. The van der Waals surface area contributed by atoms with Crippen molar-refractivity contribution in [1.82, 2.24) is 15.1 Å². The Labute approximate surface area is 158 Å². The van der Waals surface area contributed by atoms with Gasteiger partial charge in [0.05, 0.1) is 17.2 Å². The summed E-state index contributed by atoms with van der Waals surface area (Å²) in [6.07, 6.45) is 3.14. The second kappa shape index (κ2) is 7.77. The van der Waals surface area contributed by atoms with Crippen LogP contribution in [0.1, 0.15) is 37.1 Å². The summed E-state index contributed by atoms with van der Waals surface area (Å²) >= 11 is 0. The Bertz CT molecular complexity index is 840. The lowest BCUT2D eigenvalue weighted by Crippen LogP contribution is -2.41. The fourth-order valence-corrected chi connectivity index (χ4v) is 3.62.